The first kappa shape index (κ1) is 15.2. The van der Waals surface area contributed by atoms with E-state index in [-0.39, 0.29) is 23.0 Å². The number of nitrogens with zero attached hydrogens (tertiary/aromatic N) is 2. The van der Waals surface area contributed by atoms with Crippen LogP contribution in [0, 0.1) is 0 Å². The van der Waals surface area contributed by atoms with Crippen LogP contribution in [0.3, 0.4) is 0 Å². The minimum Gasteiger partial charge on any atom is -1.00 e. The van der Waals surface area contributed by atoms with Crippen LogP contribution in [-0.2, 0) is 29.5 Å². The maximum atomic E-state index is 11.0. The number of aromatic nitrogens is 2. The van der Waals surface area contributed by atoms with Crippen LogP contribution in [0.25, 0.3) is 0 Å². The van der Waals surface area contributed by atoms with E-state index in [0.717, 1.165) is 25.1 Å². The van der Waals surface area contributed by atoms with Crippen LogP contribution in [0.15, 0.2) is 12.5 Å². The van der Waals surface area contributed by atoms with Gasteiger partial charge in [0.25, 0.3) is 0 Å². The Morgan fingerprint density at radius 2 is 2.25 bits per heavy atom. The molecule has 0 radical (unpaired) electrons. The van der Waals surface area contributed by atoms with E-state index < -0.39 is 0 Å². The number of ether oxygens (including phenoxy) is 1. The Kier molecular flexibility index (Phi) is 7.05. The summed E-state index contributed by atoms with van der Waals surface area (Å²) in [5, 5.41) is 0. The summed E-state index contributed by atoms with van der Waals surface area (Å²) in [6.07, 6.45) is 6.44. The van der Waals surface area contributed by atoms with Gasteiger partial charge in [-0.1, -0.05) is 6.92 Å². The molecule has 16 heavy (non-hydrogen) atoms. The van der Waals surface area contributed by atoms with Crippen molar-refractivity contribution in [2.45, 2.75) is 32.7 Å². The largest absolute Gasteiger partial charge is 1.00 e. The Labute approximate surface area is 107 Å². The molecule has 92 valence electrons. The smallest absolute Gasteiger partial charge is 0.305 e. The van der Waals surface area contributed by atoms with Crippen LogP contribution in [-0.4, -0.2) is 17.6 Å². The van der Waals surface area contributed by atoms with Gasteiger partial charge >= 0.3 is 5.97 Å². The summed E-state index contributed by atoms with van der Waals surface area (Å²) in [4.78, 5) is 11.0. The second-order valence-electron chi connectivity index (χ2n) is 3.66. The van der Waals surface area contributed by atoms with Crippen LogP contribution in [0.4, 0.5) is 0 Å². The number of carbonyl (C=O) groups is 1. The number of halogens is 1. The molecule has 0 N–H and O–H groups in total. The predicted molar refractivity (Wildman–Crippen MR) is 56.2 cm³/mol. The molecule has 0 aromatic carbocycles. The van der Waals surface area contributed by atoms with Crippen molar-refractivity contribution in [3.63, 3.8) is 0 Å². The minimum absolute atomic E-state index is 0. The van der Waals surface area contributed by atoms with Gasteiger partial charge in [-0.3, -0.25) is 4.79 Å². The standard InChI is InChI=1S/C11H19N2O2.BrH/c1-4-7-13-8-10(12(2)9-13)5-6-11(14)15-3;/h8-9H,4-7H2,1-3H3;1H/q+1;/p-1. The number of hydrogen-bond donors (Lipinski definition) is 0. The highest BCUT2D eigenvalue weighted by Crippen LogP contribution is 2.01. The quantitative estimate of drug-likeness (QED) is 0.457. The maximum Gasteiger partial charge on any atom is 0.305 e. The van der Waals surface area contributed by atoms with E-state index in [9.17, 15) is 4.79 Å². The van der Waals surface area contributed by atoms with Gasteiger partial charge in [0.05, 0.1) is 27.1 Å². The summed E-state index contributed by atoms with van der Waals surface area (Å²) < 4.78 is 8.81. The lowest BCUT2D eigenvalue weighted by atomic mass is 10.2. The second kappa shape index (κ2) is 7.44. The number of rotatable bonds is 5. The van der Waals surface area contributed by atoms with Gasteiger partial charge in [0, 0.05) is 6.42 Å². The van der Waals surface area contributed by atoms with Gasteiger partial charge < -0.3 is 21.7 Å². The van der Waals surface area contributed by atoms with Crippen LogP contribution in [0.5, 0.6) is 0 Å². The molecule has 4 nitrogen and oxygen atoms in total. The average molecular weight is 291 g/mol. The van der Waals surface area contributed by atoms with Crippen molar-refractivity contribution in [1.82, 2.24) is 4.57 Å². The lowest BCUT2D eigenvalue weighted by Crippen LogP contribution is -3.00. The molecule has 0 amide bonds. The number of esters is 1. The fourth-order valence-electron chi connectivity index (χ4n) is 1.57. The van der Waals surface area contributed by atoms with Crippen molar-refractivity contribution in [2.75, 3.05) is 7.11 Å². The van der Waals surface area contributed by atoms with Gasteiger partial charge in [0.2, 0.25) is 6.33 Å². The molecule has 0 aliphatic carbocycles. The summed E-state index contributed by atoms with van der Waals surface area (Å²) in [6, 6.07) is 0. The molecule has 1 aromatic heterocycles. The zero-order valence-corrected chi connectivity index (χ0v) is 11.7. The van der Waals surface area contributed by atoms with E-state index in [4.69, 9.17) is 0 Å². The van der Waals surface area contributed by atoms with Crippen molar-refractivity contribution >= 4 is 5.97 Å². The Bertz CT molecular complexity index is 337. The number of methoxy groups -OCH3 is 1. The lowest BCUT2D eigenvalue weighted by Gasteiger charge is -1.96. The molecule has 0 aliphatic rings. The van der Waals surface area contributed by atoms with Gasteiger partial charge in [-0.05, 0) is 6.42 Å². The van der Waals surface area contributed by atoms with Crippen LogP contribution in [0.2, 0.25) is 0 Å². The minimum atomic E-state index is -0.154. The molecule has 1 aromatic rings. The third kappa shape index (κ3) is 4.35. The first-order valence-corrected chi connectivity index (χ1v) is 5.28. The predicted octanol–water partition coefficient (Wildman–Crippen LogP) is -2.17. The van der Waals surface area contributed by atoms with E-state index in [1.165, 1.54) is 7.11 Å². The fourth-order valence-corrected chi connectivity index (χ4v) is 1.57. The fraction of sp³-hybridized carbons (Fsp3) is 0.636. The normalized spacial score (nSPS) is 9.69. The zero-order chi connectivity index (χ0) is 11.3. The molecular formula is C11H19BrN2O2. The molecule has 0 spiro atoms. The number of imidazole rings is 1. The van der Waals surface area contributed by atoms with E-state index in [1.807, 2.05) is 7.05 Å². The van der Waals surface area contributed by atoms with E-state index in [2.05, 4.69) is 33.3 Å². The third-order valence-corrected chi connectivity index (χ3v) is 2.38. The van der Waals surface area contributed by atoms with Gasteiger partial charge in [0.1, 0.15) is 11.9 Å². The monoisotopic (exact) mass is 290 g/mol. The zero-order valence-electron chi connectivity index (χ0n) is 10.1. The van der Waals surface area contributed by atoms with Gasteiger partial charge in [0.15, 0.2) is 0 Å². The molecule has 5 heteroatoms. The Morgan fingerprint density at radius 1 is 1.56 bits per heavy atom. The van der Waals surface area contributed by atoms with Crippen molar-refractivity contribution in [3.05, 3.63) is 18.2 Å². The summed E-state index contributed by atoms with van der Waals surface area (Å²) in [7, 11) is 3.42. The summed E-state index contributed by atoms with van der Waals surface area (Å²) in [5.74, 6) is -0.154. The SMILES string of the molecule is CCC[n+]1cc(CCC(=O)OC)n(C)c1.[Br-]. The van der Waals surface area contributed by atoms with E-state index in [0.29, 0.717) is 6.42 Å². The molecule has 0 bridgehead atoms. The number of hydrogen-bond acceptors (Lipinski definition) is 2. The highest BCUT2D eigenvalue weighted by molar-refractivity contribution is 5.69. The lowest BCUT2D eigenvalue weighted by molar-refractivity contribution is -0.696. The molecule has 0 saturated carbocycles. The Balaban J connectivity index is 0.00000225. The Morgan fingerprint density at radius 3 is 2.81 bits per heavy atom. The third-order valence-electron chi connectivity index (χ3n) is 2.38. The van der Waals surface area contributed by atoms with Crippen molar-refractivity contribution in [3.8, 4) is 0 Å². The molecule has 1 heterocycles. The molecule has 1 rings (SSSR count). The van der Waals surface area contributed by atoms with Gasteiger partial charge in [-0.15, -0.1) is 0 Å². The van der Waals surface area contributed by atoms with Crippen LogP contribution >= 0.6 is 0 Å². The average Bonchev–Trinajstić information content (AvgIpc) is 2.56. The van der Waals surface area contributed by atoms with E-state index >= 15 is 0 Å². The highest BCUT2D eigenvalue weighted by atomic mass is 79.9. The van der Waals surface area contributed by atoms with E-state index in [1.54, 1.807) is 0 Å². The second-order valence-corrected chi connectivity index (χ2v) is 3.66. The summed E-state index contributed by atoms with van der Waals surface area (Å²) in [6.45, 7) is 3.17. The summed E-state index contributed by atoms with van der Waals surface area (Å²) >= 11 is 0. The Hall–Kier alpha value is -0.840. The number of carbonyl (C=O) groups excluding carboxylic acids is 1. The van der Waals surface area contributed by atoms with Gasteiger partial charge in [-0.2, -0.15) is 0 Å². The molecule has 0 aliphatic heterocycles. The maximum absolute atomic E-state index is 11.0. The topological polar surface area (TPSA) is 35.1 Å². The first-order valence-electron chi connectivity index (χ1n) is 5.28. The van der Waals surface area contributed by atoms with Crippen molar-refractivity contribution < 1.29 is 31.1 Å². The summed E-state index contributed by atoms with van der Waals surface area (Å²) in [5.41, 5.74) is 1.16. The van der Waals surface area contributed by atoms with Crippen LogP contribution < -0.4 is 21.5 Å². The van der Waals surface area contributed by atoms with Crippen molar-refractivity contribution in [2.24, 2.45) is 7.05 Å². The molecule has 0 saturated heterocycles. The molecule has 0 unspecified atom stereocenters. The molecule has 0 fully saturated rings. The van der Waals surface area contributed by atoms with Gasteiger partial charge in [-0.25, -0.2) is 9.13 Å². The number of aryl methyl sites for hydroxylation is 3. The molecule has 0 atom stereocenters. The highest BCUT2D eigenvalue weighted by Gasteiger charge is 2.11. The first-order chi connectivity index (χ1) is 7.17. The molecular weight excluding hydrogens is 272 g/mol. The van der Waals surface area contributed by atoms with Crippen LogP contribution in [0.1, 0.15) is 25.5 Å². The van der Waals surface area contributed by atoms with Crippen molar-refractivity contribution in [1.29, 1.82) is 0 Å².